The minimum atomic E-state index is -0.973. The molecule has 19 heavy (non-hydrogen) atoms. The summed E-state index contributed by atoms with van der Waals surface area (Å²) in [5, 5.41) is 12.9. The molecule has 2 aromatic heterocycles. The molecule has 2 heterocycles. The zero-order valence-electron chi connectivity index (χ0n) is 10.7. The highest BCUT2D eigenvalue weighted by atomic mass is 32.1. The average molecular weight is 281 g/mol. The number of nitrogens with one attached hydrogen (secondary N) is 1. The summed E-state index contributed by atoms with van der Waals surface area (Å²) in [6, 6.07) is 1.17. The molecule has 0 aliphatic carbocycles. The van der Waals surface area contributed by atoms with Gasteiger partial charge in [0.2, 0.25) is 0 Å². The van der Waals surface area contributed by atoms with Crippen LogP contribution in [0.15, 0.2) is 12.4 Å². The van der Waals surface area contributed by atoms with Crippen LogP contribution < -0.4 is 5.32 Å². The fraction of sp³-hybridized carbons (Fsp3) is 0.417. The Hall–Kier alpha value is -1.73. The van der Waals surface area contributed by atoms with E-state index < -0.39 is 12.0 Å². The number of rotatable bonds is 6. The molecule has 6 nitrogen and oxygen atoms in total. The SMILES string of the molecule is CCc1cc2c(NC(COC)C(=O)O)ncnc2s1. The highest BCUT2D eigenvalue weighted by molar-refractivity contribution is 7.18. The van der Waals surface area contributed by atoms with Crippen LogP contribution in [0.4, 0.5) is 5.82 Å². The van der Waals surface area contributed by atoms with Crippen LogP contribution in [-0.4, -0.2) is 40.8 Å². The van der Waals surface area contributed by atoms with Crippen LogP contribution in [0.3, 0.4) is 0 Å². The lowest BCUT2D eigenvalue weighted by atomic mass is 10.2. The second-order valence-electron chi connectivity index (χ2n) is 4.00. The molecule has 0 aliphatic rings. The molecule has 102 valence electrons. The van der Waals surface area contributed by atoms with Gasteiger partial charge in [-0.05, 0) is 12.5 Å². The molecule has 0 amide bonds. The van der Waals surface area contributed by atoms with Crippen molar-refractivity contribution in [3.8, 4) is 0 Å². The Labute approximate surface area is 114 Å². The summed E-state index contributed by atoms with van der Waals surface area (Å²) in [6.07, 6.45) is 2.35. The van der Waals surface area contributed by atoms with Crippen molar-refractivity contribution >= 4 is 33.3 Å². The van der Waals surface area contributed by atoms with Gasteiger partial charge in [-0.1, -0.05) is 6.92 Å². The molecule has 0 saturated heterocycles. The van der Waals surface area contributed by atoms with Gasteiger partial charge < -0.3 is 15.2 Å². The van der Waals surface area contributed by atoms with E-state index in [4.69, 9.17) is 9.84 Å². The molecular weight excluding hydrogens is 266 g/mol. The summed E-state index contributed by atoms with van der Waals surface area (Å²) in [4.78, 5) is 21.5. The molecule has 0 saturated carbocycles. The Morgan fingerprint density at radius 1 is 1.58 bits per heavy atom. The van der Waals surface area contributed by atoms with Gasteiger partial charge in [-0.2, -0.15) is 0 Å². The second-order valence-corrected chi connectivity index (χ2v) is 5.11. The van der Waals surface area contributed by atoms with E-state index in [1.54, 1.807) is 11.3 Å². The van der Waals surface area contributed by atoms with Crippen LogP contribution >= 0.6 is 11.3 Å². The number of hydrogen-bond donors (Lipinski definition) is 2. The van der Waals surface area contributed by atoms with Crippen LogP contribution in [0.2, 0.25) is 0 Å². The van der Waals surface area contributed by atoms with Gasteiger partial charge in [-0.25, -0.2) is 14.8 Å². The van der Waals surface area contributed by atoms with Gasteiger partial charge in [0.05, 0.1) is 12.0 Å². The predicted octanol–water partition coefficient (Wildman–Crippen LogP) is 1.77. The van der Waals surface area contributed by atoms with E-state index in [2.05, 4.69) is 22.2 Å². The molecule has 0 aromatic carbocycles. The standard InChI is InChI=1S/C12H15N3O3S/c1-3-7-4-8-10(13-6-14-11(8)19-7)15-9(5-18-2)12(16)17/h4,6,9H,3,5H2,1-2H3,(H,16,17)(H,13,14,15). The van der Waals surface area contributed by atoms with E-state index in [-0.39, 0.29) is 6.61 Å². The van der Waals surface area contributed by atoms with Gasteiger partial charge in [-0.3, -0.25) is 0 Å². The van der Waals surface area contributed by atoms with Crippen molar-refractivity contribution in [2.24, 2.45) is 0 Å². The van der Waals surface area contributed by atoms with Crippen molar-refractivity contribution in [3.05, 3.63) is 17.3 Å². The number of hydrogen-bond acceptors (Lipinski definition) is 6. The van der Waals surface area contributed by atoms with Gasteiger partial charge in [0.25, 0.3) is 0 Å². The maximum absolute atomic E-state index is 11.1. The van der Waals surface area contributed by atoms with E-state index in [0.29, 0.717) is 5.82 Å². The summed E-state index contributed by atoms with van der Waals surface area (Å²) < 4.78 is 4.89. The first-order valence-electron chi connectivity index (χ1n) is 5.87. The van der Waals surface area contributed by atoms with Gasteiger partial charge >= 0.3 is 5.97 Å². The molecule has 2 aromatic rings. The maximum atomic E-state index is 11.1. The lowest BCUT2D eigenvalue weighted by molar-refractivity contribution is -0.139. The largest absolute Gasteiger partial charge is 0.480 e. The van der Waals surface area contributed by atoms with Gasteiger partial charge in [0, 0.05) is 12.0 Å². The van der Waals surface area contributed by atoms with E-state index in [0.717, 1.165) is 16.6 Å². The Bertz CT molecular complexity index is 585. The van der Waals surface area contributed by atoms with Crippen molar-refractivity contribution < 1.29 is 14.6 Å². The van der Waals surface area contributed by atoms with Gasteiger partial charge in [0.1, 0.15) is 23.0 Å². The van der Waals surface area contributed by atoms with E-state index >= 15 is 0 Å². The third kappa shape index (κ3) is 2.99. The maximum Gasteiger partial charge on any atom is 0.328 e. The molecule has 0 spiro atoms. The number of carbonyl (C=O) groups is 1. The van der Waals surface area contributed by atoms with Crippen molar-refractivity contribution in [1.82, 2.24) is 9.97 Å². The van der Waals surface area contributed by atoms with Crippen molar-refractivity contribution in [2.45, 2.75) is 19.4 Å². The number of aliphatic carboxylic acids is 1. The fourth-order valence-corrected chi connectivity index (χ4v) is 2.64. The first-order valence-corrected chi connectivity index (χ1v) is 6.69. The van der Waals surface area contributed by atoms with Crippen LogP contribution in [0.1, 0.15) is 11.8 Å². The van der Waals surface area contributed by atoms with Crippen LogP contribution in [-0.2, 0) is 16.0 Å². The molecule has 1 atom stereocenters. The third-order valence-electron chi connectivity index (χ3n) is 2.67. The van der Waals surface area contributed by atoms with Crippen LogP contribution in [0, 0.1) is 0 Å². The molecule has 0 radical (unpaired) electrons. The first kappa shape index (κ1) is 13.7. The zero-order chi connectivity index (χ0) is 13.8. The lowest BCUT2D eigenvalue weighted by Crippen LogP contribution is -2.34. The van der Waals surface area contributed by atoms with Crippen molar-refractivity contribution in [3.63, 3.8) is 0 Å². The summed E-state index contributed by atoms with van der Waals surface area (Å²) in [6.45, 7) is 2.14. The molecule has 2 rings (SSSR count). The van der Waals surface area contributed by atoms with Crippen molar-refractivity contribution in [2.75, 3.05) is 19.0 Å². The Morgan fingerprint density at radius 3 is 3.00 bits per heavy atom. The highest BCUT2D eigenvalue weighted by Gasteiger charge is 2.19. The van der Waals surface area contributed by atoms with Crippen LogP contribution in [0.25, 0.3) is 10.2 Å². The summed E-state index contributed by atoms with van der Waals surface area (Å²) in [5.41, 5.74) is 0. The Balaban J connectivity index is 2.33. The number of aromatic nitrogens is 2. The number of fused-ring (bicyclic) bond motifs is 1. The number of methoxy groups -OCH3 is 1. The number of ether oxygens (including phenoxy) is 1. The quantitative estimate of drug-likeness (QED) is 0.839. The zero-order valence-corrected chi connectivity index (χ0v) is 11.5. The van der Waals surface area contributed by atoms with E-state index in [1.165, 1.54) is 18.3 Å². The normalized spacial score (nSPS) is 12.5. The van der Waals surface area contributed by atoms with Crippen LogP contribution in [0.5, 0.6) is 0 Å². The molecule has 0 fully saturated rings. The topological polar surface area (TPSA) is 84.3 Å². The summed E-state index contributed by atoms with van der Waals surface area (Å²) >= 11 is 1.59. The molecule has 7 heteroatoms. The second kappa shape index (κ2) is 5.94. The van der Waals surface area contributed by atoms with Gasteiger partial charge in [-0.15, -0.1) is 11.3 Å². The molecule has 2 N–H and O–H groups in total. The molecule has 0 aliphatic heterocycles. The minimum absolute atomic E-state index is 0.0750. The molecular formula is C12H15N3O3S. The van der Waals surface area contributed by atoms with E-state index in [9.17, 15) is 4.79 Å². The first-order chi connectivity index (χ1) is 9.15. The van der Waals surface area contributed by atoms with Crippen molar-refractivity contribution in [1.29, 1.82) is 0 Å². The minimum Gasteiger partial charge on any atom is -0.480 e. The number of carboxylic acid groups (broad SMARTS) is 1. The number of carboxylic acids is 1. The average Bonchev–Trinajstić information content (AvgIpc) is 2.82. The number of thiophene rings is 1. The Kier molecular flexibility index (Phi) is 4.28. The number of aryl methyl sites for hydroxylation is 1. The monoisotopic (exact) mass is 281 g/mol. The number of anilines is 1. The summed E-state index contributed by atoms with van der Waals surface area (Å²) in [5.74, 6) is -0.440. The Morgan fingerprint density at radius 2 is 2.37 bits per heavy atom. The molecule has 1 unspecified atom stereocenters. The third-order valence-corrected chi connectivity index (χ3v) is 3.86. The molecule has 0 bridgehead atoms. The highest BCUT2D eigenvalue weighted by Crippen LogP contribution is 2.28. The predicted molar refractivity (Wildman–Crippen MR) is 73.7 cm³/mol. The van der Waals surface area contributed by atoms with E-state index in [1.807, 2.05) is 6.07 Å². The van der Waals surface area contributed by atoms with Gasteiger partial charge in [0.15, 0.2) is 0 Å². The lowest BCUT2D eigenvalue weighted by Gasteiger charge is -2.14. The summed E-state index contributed by atoms with van der Waals surface area (Å²) in [7, 11) is 1.47. The fourth-order valence-electron chi connectivity index (χ4n) is 1.70. The smallest absolute Gasteiger partial charge is 0.328 e. The number of nitrogens with zero attached hydrogens (tertiary/aromatic N) is 2.